The number of carbonyl (C=O) groups is 1. The zero-order valence-corrected chi connectivity index (χ0v) is 17.1. The Balaban J connectivity index is 2.33. The SMILES string of the molecule is C/C=C/N(CC)CCNC(=O)c1cc(S(C)(=O)=O)ccc1-c1ccc(F)cc1. The molecule has 28 heavy (non-hydrogen) atoms. The molecular weight excluding hydrogens is 379 g/mol. The standard InChI is InChI=1S/C21H25FN2O3S/c1-4-13-24(5-2)14-12-23-21(25)20-15-18(28(3,26)27)10-11-19(20)16-6-8-17(22)9-7-16/h4,6-11,13,15H,5,12,14H2,1-3H3,(H,23,25)/b13-4+. The average Bonchev–Trinajstić information content (AvgIpc) is 2.66. The van der Waals surface area contributed by atoms with Gasteiger partial charge in [0.05, 0.1) is 4.90 Å². The number of nitrogens with zero attached hydrogens (tertiary/aromatic N) is 1. The first-order chi connectivity index (χ1) is 13.3. The van der Waals surface area contributed by atoms with Gasteiger partial charge >= 0.3 is 0 Å². The molecule has 7 heteroatoms. The summed E-state index contributed by atoms with van der Waals surface area (Å²) >= 11 is 0. The smallest absolute Gasteiger partial charge is 0.252 e. The zero-order valence-electron chi connectivity index (χ0n) is 16.3. The summed E-state index contributed by atoms with van der Waals surface area (Å²) in [7, 11) is -3.47. The van der Waals surface area contributed by atoms with Crippen LogP contribution < -0.4 is 5.32 Å². The van der Waals surface area contributed by atoms with Gasteiger partial charge in [0, 0.05) is 31.5 Å². The predicted octanol–water partition coefficient (Wildman–Crippen LogP) is 3.48. The third-order valence-electron chi connectivity index (χ3n) is 4.27. The summed E-state index contributed by atoms with van der Waals surface area (Å²) in [6, 6.07) is 10.1. The van der Waals surface area contributed by atoms with Gasteiger partial charge in [-0.05, 0) is 55.4 Å². The van der Waals surface area contributed by atoms with E-state index in [-0.39, 0.29) is 22.2 Å². The van der Waals surface area contributed by atoms with E-state index < -0.39 is 9.84 Å². The van der Waals surface area contributed by atoms with Gasteiger partial charge in [0.1, 0.15) is 5.82 Å². The fourth-order valence-corrected chi connectivity index (χ4v) is 3.43. The minimum atomic E-state index is -3.47. The molecule has 2 aromatic carbocycles. The number of sulfone groups is 1. The lowest BCUT2D eigenvalue weighted by molar-refractivity contribution is 0.0951. The maximum atomic E-state index is 13.3. The molecule has 0 saturated heterocycles. The molecule has 0 aliphatic carbocycles. The van der Waals surface area contributed by atoms with Crippen molar-refractivity contribution >= 4 is 15.7 Å². The van der Waals surface area contributed by atoms with Crippen LogP contribution in [0.1, 0.15) is 24.2 Å². The van der Waals surface area contributed by atoms with E-state index >= 15 is 0 Å². The Bertz CT molecular complexity index is 954. The monoisotopic (exact) mass is 404 g/mol. The number of allylic oxidation sites excluding steroid dienone is 1. The molecule has 0 heterocycles. The number of hydrogen-bond acceptors (Lipinski definition) is 4. The maximum absolute atomic E-state index is 13.3. The number of nitrogens with one attached hydrogen (secondary N) is 1. The lowest BCUT2D eigenvalue weighted by Gasteiger charge is -2.18. The van der Waals surface area contributed by atoms with Gasteiger partial charge in [-0.1, -0.05) is 24.3 Å². The topological polar surface area (TPSA) is 66.5 Å². The van der Waals surface area contributed by atoms with Crippen molar-refractivity contribution in [2.75, 3.05) is 25.9 Å². The van der Waals surface area contributed by atoms with Gasteiger partial charge in [0.15, 0.2) is 9.84 Å². The lowest BCUT2D eigenvalue weighted by Crippen LogP contribution is -2.32. The van der Waals surface area contributed by atoms with Crippen molar-refractivity contribution in [3.63, 3.8) is 0 Å². The normalized spacial score (nSPS) is 11.6. The van der Waals surface area contributed by atoms with Crippen LogP contribution in [0, 0.1) is 5.82 Å². The maximum Gasteiger partial charge on any atom is 0.252 e. The summed E-state index contributed by atoms with van der Waals surface area (Å²) in [5, 5.41) is 2.84. The fourth-order valence-electron chi connectivity index (χ4n) is 2.78. The van der Waals surface area contributed by atoms with Crippen LogP contribution in [-0.4, -0.2) is 45.1 Å². The van der Waals surface area contributed by atoms with Crippen molar-refractivity contribution in [3.05, 3.63) is 66.1 Å². The number of halogens is 1. The summed E-state index contributed by atoms with van der Waals surface area (Å²) in [4.78, 5) is 14.9. The second-order valence-electron chi connectivity index (χ2n) is 6.35. The van der Waals surface area contributed by atoms with Crippen LogP contribution in [0.15, 0.2) is 59.6 Å². The number of rotatable bonds is 8. The molecule has 0 bridgehead atoms. The van der Waals surface area contributed by atoms with Crippen LogP contribution in [-0.2, 0) is 9.84 Å². The molecule has 2 rings (SSSR count). The van der Waals surface area contributed by atoms with E-state index in [2.05, 4.69) is 5.32 Å². The van der Waals surface area contributed by atoms with E-state index in [1.54, 1.807) is 18.2 Å². The Morgan fingerprint density at radius 1 is 1.18 bits per heavy atom. The second kappa shape index (κ2) is 9.50. The van der Waals surface area contributed by atoms with E-state index in [1.807, 2.05) is 31.0 Å². The molecule has 0 spiro atoms. The summed E-state index contributed by atoms with van der Waals surface area (Å²) in [5.74, 6) is -0.757. The van der Waals surface area contributed by atoms with Gasteiger partial charge in [-0.2, -0.15) is 0 Å². The van der Waals surface area contributed by atoms with Crippen molar-refractivity contribution in [1.82, 2.24) is 10.2 Å². The second-order valence-corrected chi connectivity index (χ2v) is 8.37. The van der Waals surface area contributed by atoms with Gasteiger partial charge < -0.3 is 10.2 Å². The zero-order chi connectivity index (χ0) is 20.7. The third-order valence-corrected chi connectivity index (χ3v) is 5.38. The van der Waals surface area contributed by atoms with Gasteiger partial charge in [-0.25, -0.2) is 12.8 Å². The molecule has 0 aliphatic rings. The van der Waals surface area contributed by atoms with E-state index in [0.29, 0.717) is 24.2 Å². The number of amides is 1. The molecule has 150 valence electrons. The molecule has 0 radical (unpaired) electrons. The van der Waals surface area contributed by atoms with E-state index in [1.165, 1.54) is 24.3 Å². The van der Waals surface area contributed by atoms with Crippen LogP contribution in [0.5, 0.6) is 0 Å². The van der Waals surface area contributed by atoms with E-state index in [4.69, 9.17) is 0 Å². The Hall–Kier alpha value is -2.67. The van der Waals surface area contributed by atoms with Crippen LogP contribution in [0.25, 0.3) is 11.1 Å². The highest BCUT2D eigenvalue weighted by Crippen LogP contribution is 2.26. The molecule has 1 amide bonds. The number of benzene rings is 2. The quantitative estimate of drug-likeness (QED) is 0.732. The van der Waals surface area contributed by atoms with Crippen molar-refractivity contribution < 1.29 is 17.6 Å². The summed E-state index contributed by atoms with van der Waals surface area (Å²) in [5.41, 5.74) is 1.42. The molecule has 0 saturated carbocycles. The van der Waals surface area contributed by atoms with Crippen molar-refractivity contribution in [3.8, 4) is 11.1 Å². The van der Waals surface area contributed by atoms with Crippen molar-refractivity contribution in [2.45, 2.75) is 18.7 Å². The van der Waals surface area contributed by atoms with E-state index in [9.17, 15) is 17.6 Å². The molecule has 0 fully saturated rings. The highest BCUT2D eigenvalue weighted by Gasteiger charge is 2.17. The highest BCUT2D eigenvalue weighted by molar-refractivity contribution is 7.90. The molecule has 1 N–H and O–H groups in total. The largest absolute Gasteiger partial charge is 0.376 e. The molecule has 0 atom stereocenters. The molecule has 0 aliphatic heterocycles. The first-order valence-corrected chi connectivity index (χ1v) is 10.9. The lowest BCUT2D eigenvalue weighted by atomic mass is 9.99. The first kappa shape index (κ1) is 21.6. The fraction of sp³-hybridized carbons (Fsp3) is 0.286. The summed E-state index contributed by atoms with van der Waals surface area (Å²) in [6.45, 7) is 5.79. The third kappa shape index (κ3) is 5.66. The molecule has 2 aromatic rings. The van der Waals surface area contributed by atoms with Gasteiger partial charge in [-0.3, -0.25) is 4.79 Å². The number of carbonyl (C=O) groups excluding carboxylic acids is 1. The minimum Gasteiger partial charge on any atom is -0.376 e. The molecule has 5 nitrogen and oxygen atoms in total. The summed E-state index contributed by atoms with van der Waals surface area (Å²) < 4.78 is 37.1. The Morgan fingerprint density at radius 3 is 2.43 bits per heavy atom. The Kier molecular flexibility index (Phi) is 7.34. The first-order valence-electron chi connectivity index (χ1n) is 9.01. The predicted molar refractivity (Wildman–Crippen MR) is 109 cm³/mol. The molecule has 0 aromatic heterocycles. The van der Waals surface area contributed by atoms with Crippen LogP contribution in [0.4, 0.5) is 4.39 Å². The summed E-state index contributed by atoms with van der Waals surface area (Å²) in [6.07, 6.45) is 4.96. The van der Waals surface area contributed by atoms with Crippen LogP contribution in [0.2, 0.25) is 0 Å². The van der Waals surface area contributed by atoms with Crippen LogP contribution >= 0.6 is 0 Å². The van der Waals surface area contributed by atoms with E-state index in [0.717, 1.165) is 12.8 Å². The van der Waals surface area contributed by atoms with Crippen molar-refractivity contribution in [1.29, 1.82) is 0 Å². The van der Waals surface area contributed by atoms with Gasteiger partial charge in [-0.15, -0.1) is 0 Å². The number of hydrogen-bond donors (Lipinski definition) is 1. The van der Waals surface area contributed by atoms with Crippen molar-refractivity contribution in [2.24, 2.45) is 0 Å². The average molecular weight is 405 g/mol. The Labute approximate surface area is 165 Å². The number of likely N-dealkylation sites (N-methyl/N-ethyl adjacent to an activating group) is 1. The van der Waals surface area contributed by atoms with Gasteiger partial charge in [0.2, 0.25) is 0 Å². The Morgan fingerprint density at radius 2 is 1.86 bits per heavy atom. The molecule has 0 unspecified atom stereocenters. The van der Waals surface area contributed by atoms with Gasteiger partial charge in [0.25, 0.3) is 5.91 Å². The molecular formula is C21H25FN2O3S. The van der Waals surface area contributed by atoms with Crippen LogP contribution in [0.3, 0.4) is 0 Å². The minimum absolute atomic E-state index is 0.0626. The highest BCUT2D eigenvalue weighted by atomic mass is 32.2.